The fraction of sp³-hybridized carbons (Fsp3) is 0.250. The number of hydrogen-bond donors (Lipinski definition) is 1. The van der Waals surface area contributed by atoms with Crippen molar-refractivity contribution in [2.75, 3.05) is 31.1 Å². The van der Waals surface area contributed by atoms with Crippen molar-refractivity contribution in [2.45, 2.75) is 6.42 Å². The van der Waals surface area contributed by atoms with E-state index in [1.165, 1.54) is 0 Å². The van der Waals surface area contributed by atoms with Crippen LogP contribution in [0, 0.1) is 11.3 Å². The van der Waals surface area contributed by atoms with E-state index in [0.29, 0.717) is 36.3 Å². The zero-order valence-corrected chi connectivity index (χ0v) is 14.4. The van der Waals surface area contributed by atoms with Gasteiger partial charge in [-0.05, 0) is 42.8 Å². The first-order valence-electron chi connectivity index (χ1n) is 8.53. The summed E-state index contributed by atoms with van der Waals surface area (Å²) in [6.07, 6.45) is 0.824. The summed E-state index contributed by atoms with van der Waals surface area (Å²) in [5, 5.41) is 9.30. The van der Waals surface area contributed by atoms with Gasteiger partial charge in [0.15, 0.2) is 0 Å². The van der Waals surface area contributed by atoms with Gasteiger partial charge in [-0.15, -0.1) is 0 Å². The van der Waals surface area contributed by atoms with E-state index in [-0.39, 0.29) is 5.91 Å². The quantitative estimate of drug-likeness (QED) is 0.919. The second-order valence-corrected chi connectivity index (χ2v) is 6.20. The molecule has 1 saturated heterocycles. The van der Waals surface area contributed by atoms with E-state index in [1.807, 2.05) is 29.2 Å². The minimum atomic E-state index is -0.509. The zero-order chi connectivity index (χ0) is 18.5. The molecule has 6 heteroatoms. The molecule has 0 aliphatic carbocycles. The smallest absolute Gasteiger partial charge is 0.253 e. The van der Waals surface area contributed by atoms with Crippen LogP contribution in [0.2, 0.25) is 0 Å². The van der Waals surface area contributed by atoms with Crippen LogP contribution < -0.4 is 10.6 Å². The normalized spacial score (nSPS) is 14.4. The number of carbonyl (C=O) groups is 2. The fourth-order valence-electron chi connectivity index (χ4n) is 3.17. The highest BCUT2D eigenvalue weighted by Gasteiger charge is 2.21. The predicted octanol–water partition coefficient (Wildman–Crippen LogP) is 2.01. The second-order valence-electron chi connectivity index (χ2n) is 6.20. The summed E-state index contributed by atoms with van der Waals surface area (Å²) in [6.45, 7) is 2.70. The summed E-state index contributed by atoms with van der Waals surface area (Å²) in [7, 11) is 0. The Morgan fingerprint density at radius 2 is 1.62 bits per heavy atom. The Kier molecular flexibility index (Phi) is 5.18. The van der Waals surface area contributed by atoms with Crippen LogP contribution in [0.15, 0.2) is 48.5 Å². The van der Waals surface area contributed by atoms with Crippen molar-refractivity contribution >= 4 is 17.5 Å². The Balaban J connectivity index is 1.71. The van der Waals surface area contributed by atoms with E-state index in [0.717, 1.165) is 18.7 Å². The molecule has 26 heavy (non-hydrogen) atoms. The molecule has 0 aromatic heterocycles. The minimum absolute atomic E-state index is 0.0589. The highest BCUT2D eigenvalue weighted by molar-refractivity contribution is 5.97. The molecule has 2 aromatic rings. The van der Waals surface area contributed by atoms with Crippen LogP contribution in [0.3, 0.4) is 0 Å². The molecule has 132 valence electrons. The van der Waals surface area contributed by atoms with Gasteiger partial charge in [0.25, 0.3) is 5.91 Å². The molecule has 0 bridgehead atoms. The molecule has 2 N–H and O–H groups in total. The van der Waals surface area contributed by atoms with Crippen molar-refractivity contribution in [3.63, 3.8) is 0 Å². The molecule has 1 heterocycles. The van der Waals surface area contributed by atoms with Gasteiger partial charge in [0.2, 0.25) is 5.91 Å². The standard InChI is InChI=1S/C20H20N4O2/c21-14-17-4-1-2-5-18(17)23-10-3-11-24(13-12-23)20(26)16-8-6-15(7-9-16)19(22)25/h1-2,4-9H,3,10-13H2,(H2,22,25). The lowest BCUT2D eigenvalue weighted by Crippen LogP contribution is -2.35. The molecule has 0 saturated carbocycles. The van der Waals surface area contributed by atoms with Crippen LogP contribution in [0.1, 0.15) is 32.7 Å². The van der Waals surface area contributed by atoms with Gasteiger partial charge < -0.3 is 15.5 Å². The Morgan fingerprint density at radius 1 is 0.923 bits per heavy atom. The van der Waals surface area contributed by atoms with E-state index >= 15 is 0 Å². The molecular weight excluding hydrogens is 328 g/mol. The van der Waals surface area contributed by atoms with Crippen molar-refractivity contribution in [2.24, 2.45) is 5.73 Å². The second kappa shape index (κ2) is 7.70. The van der Waals surface area contributed by atoms with Gasteiger partial charge in [-0.3, -0.25) is 9.59 Å². The summed E-state index contributed by atoms with van der Waals surface area (Å²) < 4.78 is 0. The monoisotopic (exact) mass is 348 g/mol. The molecule has 2 amide bonds. The molecule has 1 aliphatic heterocycles. The maximum Gasteiger partial charge on any atom is 0.253 e. The van der Waals surface area contributed by atoms with Gasteiger partial charge >= 0.3 is 0 Å². The van der Waals surface area contributed by atoms with Crippen LogP contribution in [0.5, 0.6) is 0 Å². The summed E-state index contributed by atoms with van der Waals surface area (Å²) in [6, 6.07) is 16.2. The Bertz CT molecular complexity index is 855. The predicted molar refractivity (Wildman–Crippen MR) is 98.9 cm³/mol. The lowest BCUT2D eigenvalue weighted by molar-refractivity contribution is 0.0766. The molecule has 6 nitrogen and oxygen atoms in total. The average Bonchev–Trinajstić information content (AvgIpc) is 2.93. The van der Waals surface area contributed by atoms with Crippen molar-refractivity contribution in [1.82, 2.24) is 4.90 Å². The first-order chi connectivity index (χ1) is 12.6. The van der Waals surface area contributed by atoms with Crippen LogP contribution in [0.4, 0.5) is 5.69 Å². The third-order valence-corrected chi connectivity index (χ3v) is 4.56. The molecule has 1 aliphatic rings. The molecule has 2 aromatic carbocycles. The fourth-order valence-corrected chi connectivity index (χ4v) is 3.17. The first-order valence-corrected chi connectivity index (χ1v) is 8.53. The minimum Gasteiger partial charge on any atom is -0.369 e. The van der Waals surface area contributed by atoms with E-state index in [4.69, 9.17) is 5.73 Å². The third kappa shape index (κ3) is 3.67. The van der Waals surface area contributed by atoms with Gasteiger partial charge in [-0.2, -0.15) is 5.26 Å². The van der Waals surface area contributed by atoms with Gasteiger partial charge in [0.05, 0.1) is 11.3 Å². The number of nitrogens with zero attached hydrogens (tertiary/aromatic N) is 3. The van der Waals surface area contributed by atoms with Gasteiger partial charge in [-0.1, -0.05) is 12.1 Å². The number of nitrogens with two attached hydrogens (primary N) is 1. The topological polar surface area (TPSA) is 90.4 Å². The Hall–Kier alpha value is -3.33. The van der Waals surface area contributed by atoms with Crippen molar-refractivity contribution < 1.29 is 9.59 Å². The molecule has 0 unspecified atom stereocenters. The number of amides is 2. The Morgan fingerprint density at radius 3 is 2.31 bits per heavy atom. The SMILES string of the molecule is N#Cc1ccccc1N1CCCN(C(=O)c2ccc(C(N)=O)cc2)CC1. The molecule has 0 atom stereocenters. The molecule has 1 fully saturated rings. The summed E-state index contributed by atoms with van der Waals surface area (Å²) in [5.74, 6) is -0.568. The number of para-hydroxylation sites is 1. The number of anilines is 1. The van der Waals surface area contributed by atoms with Crippen LogP contribution in [-0.4, -0.2) is 42.9 Å². The number of benzene rings is 2. The van der Waals surface area contributed by atoms with Crippen LogP contribution in [0.25, 0.3) is 0 Å². The van der Waals surface area contributed by atoms with Crippen molar-refractivity contribution in [3.8, 4) is 6.07 Å². The zero-order valence-electron chi connectivity index (χ0n) is 14.4. The highest BCUT2D eigenvalue weighted by atomic mass is 16.2. The lowest BCUT2D eigenvalue weighted by atomic mass is 10.1. The summed E-state index contributed by atoms with van der Waals surface area (Å²) in [4.78, 5) is 27.9. The molecule has 3 rings (SSSR count). The summed E-state index contributed by atoms with van der Waals surface area (Å²) in [5.41, 5.74) is 7.72. The van der Waals surface area contributed by atoms with Crippen LogP contribution >= 0.6 is 0 Å². The lowest BCUT2D eigenvalue weighted by Gasteiger charge is -2.24. The van der Waals surface area contributed by atoms with E-state index in [2.05, 4.69) is 11.0 Å². The maximum atomic E-state index is 12.7. The molecule has 0 spiro atoms. The van der Waals surface area contributed by atoms with Gasteiger partial charge in [-0.25, -0.2) is 0 Å². The number of rotatable bonds is 3. The largest absolute Gasteiger partial charge is 0.369 e. The average molecular weight is 348 g/mol. The molecule has 0 radical (unpaired) electrons. The first kappa shape index (κ1) is 17.5. The highest BCUT2D eigenvalue weighted by Crippen LogP contribution is 2.21. The maximum absolute atomic E-state index is 12.7. The van der Waals surface area contributed by atoms with Crippen molar-refractivity contribution in [3.05, 3.63) is 65.2 Å². The van der Waals surface area contributed by atoms with Gasteiger partial charge in [0, 0.05) is 37.3 Å². The number of carbonyl (C=O) groups excluding carboxylic acids is 2. The van der Waals surface area contributed by atoms with E-state index in [9.17, 15) is 14.9 Å². The Labute approximate surface area is 152 Å². The van der Waals surface area contributed by atoms with Gasteiger partial charge in [0.1, 0.15) is 6.07 Å². The van der Waals surface area contributed by atoms with Crippen LogP contribution in [-0.2, 0) is 0 Å². The number of primary amides is 1. The summed E-state index contributed by atoms with van der Waals surface area (Å²) >= 11 is 0. The van der Waals surface area contributed by atoms with E-state index < -0.39 is 5.91 Å². The number of nitriles is 1. The van der Waals surface area contributed by atoms with Crippen molar-refractivity contribution in [1.29, 1.82) is 5.26 Å². The van der Waals surface area contributed by atoms with E-state index in [1.54, 1.807) is 24.3 Å². The third-order valence-electron chi connectivity index (χ3n) is 4.56. The molecular formula is C20H20N4O2. The number of hydrogen-bond acceptors (Lipinski definition) is 4.